The molecule has 404 valence electrons. The fourth-order valence-corrected chi connectivity index (χ4v) is 11.4. The van der Waals surface area contributed by atoms with Gasteiger partial charge in [-0.15, -0.1) is 0 Å². The number of rotatable bonds is 12. The van der Waals surface area contributed by atoms with E-state index in [1.165, 1.54) is 88.4 Å². The van der Waals surface area contributed by atoms with Crippen LogP contribution in [0.1, 0.15) is 44.5 Å². The Morgan fingerprint density at radius 1 is 0.226 bits per heavy atom. The number of fused-ring (bicyclic) bond motifs is 6. The molecule has 0 radical (unpaired) electrons. The second-order valence-electron chi connectivity index (χ2n) is 21.8. The lowest BCUT2D eigenvalue weighted by atomic mass is 10.1. The first-order valence-electron chi connectivity index (χ1n) is 28.9. The third-order valence-electron chi connectivity index (χ3n) is 15.9. The number of anilines is 6. The molecule has 0 bridgehead atoms. The Hall–Kier alpha value is -10.7. The van der Waals surface area contributed by atoms with Crippen LogP contribution in [-0.4, -0.2) is 9.13 Å². The SMILES string of the molecule is Cc1ccc(N(c2ccc(C)cc2)c2ccc(C=Cc3ccc(C=Cc4ccc(N(c5ccc(C)cc5)c5ccc(C)cc5)cc4)cc3)cc2)cc1.c1cc(-n2c3ccccc3c3ccccc32)cc(-n2c3ccccc3c3ccccc32)c1. The molecule has 0 saturated heterocycles. The predicted molar refractivity (Wildman–Crippen MR) is 361 cm³/mol. The molecule has 0 aliphatic heterocycles. The van der Waals surface area contributed by atoms with Crippen molar-refractivity contribution in [2.24, 2.45) is 0 Å². The number of nitrogens with zero attached hydrogens (tertiary/aromatic N) is 4. The van der Waals surface area contributed by atoms with Gasteiger partial charge in [0.15, 0.2) is 0 Å². The number of aryl methyl sites for hydroxylation is 4. The van der Waals surface area contributed by atoms with Crippen molar-refractivity contribution >= 4 is 102 Å². The van der Waals surface area contributed by atoms with Crippen molar-refractivity contribution < 1.29 is 0 Å². The largest absolute Gasteiger partial charge is 0.311 e. The van der Waals surface area contributed by atoms with Crippen molar-refractivity contribution in [1.82, 2.24) is 9.13 Å². The zero-order chi connectivity index (χ0) is 56.9. The Morgan fingerprint density at radius 2 is 0.440 bits per heavy atom. The van der Waals surface area contributed by atoms with Gasteiger partial charge < -0.3 is 18.9 Å². The highest BCUT2D eigenvalue weighted by atomic mass is 15.1. The Kier molecular flexibility index (Phi) is 14.7. The highest BCUT2D eigenvalue weighted by molar-refractivity contribution is 6.10. The zero-order valence-electron chi connectivity index (χ0n) is 47.8. The fraction of sp³-hybridized carbons (Fsp3) is 0.0500. The summed E-state index contributed by atoms with van der Waals surface area (Å²) in [6, 6.07) is 105. The molecular formula is C80H64N4. The number of hydrogen-bond acceptors (Lipinski definition) is 2. The normalized spacial score (nSPS) is 11.5. The zero-order valence-corrected chi connectivity index (χ0v) is 47.8. The van der Waals surface area contributed by atoms with E-state index >= 15 is 0 Å². The molecule has 0 N–H and O–H groups in total. The van der Waals surface area contributed by atoms with E-state index in [9.17, 15) is 0 Å². The average Bonchev–Trinajstić information content (AvgIpc) is 3.71. The summed E-state index contributed by atoms with van der Waals surface area (Å²) < 4.78 is 4.75. The van der Waals surface area contributed by atoms with Crippen LogP contribution in [0.3, 0.4) is 0 Å². The third-order valence-corrected chi connectivity index (χ3v) is 15.9. The fourth-order valence-electron chi connectivity index (χ4n) is 11.4. The van der Waals surface area contributed by atoms with E-state index in [0.717, 1.165) is 45.3 Å². The molecule has 14 aromatic rings. The van der Waals surface area contributed by atoms with Crippen LogP contribution in [0.2, 0.25) is 0 Å². The van der Waals surface area contributed by atoms with E-state index in [-0.39, 0.29) is 0 Å². The maximum absolute atomic E-state index is 2.38. The molecule has 14 rings (SSSR count). The Morgan fingerprint density at radius 3 is 0.690 bits per heavy atom. The summed E-state index contributed by atoms with van der Waals surface area (Å²) in [5, 5.41) is 5.13. The van der Waals surface area contributed by atoms with E-state index in [1.807, 2.05) is 0 Å². The minimum atomic E-state index is 1.13. The van der Waals surface area contributed by atoms with Crippen molar-refractivity contribution in [3.8, 4) is 11.4 Å². The van der Waals surface area contributed by atoms with Crippen LogP contribution in [-0.2, 0) is 0 Å². The quantitative estimate of drug-likeness (QED) is 0.113. The smallest absolute Gasteiger partial charge is 0.0541 e. The van der Waals surface area contributed by atoms with Crippen molar-refractivity contribution in [2.75, 3.05) is 9.80 Å². The van der Waals surface area contributed by atoms with Gasteiger partial charge in [-0.05, 0) is 165 Å². The van der Waals surface area contributed by atoms with Crippen LogP contribution < -0.4 is 9.80 Å². The summed E-state index contributed by atoms with van der Waals surface area (Å²) in [7, 11) is 0. The van der Waals surface area contributed by atoms with Crippen LogP contribution in [0.25, 0.3) is 79.3 Å². The van der Waals surface area contributed by atoms with Gasteiger partial charge in [-0.3, -0.25) is 0 Å². The highest BCUT2D eigenvalue weighted by Gasteiger charge is 2.17. The molecule has 2 aromatic heterocycles. The Balaban J connectivity index is 0.000000174. The number of aromatic nitrogens is 2. The molecule has 0 saturated carbocycles. The van der Waals surface area contributed by atoms with E-state index in [2.05, 4.69) is 362 Å². The van der Waals surface area contributed by atoms with E-state index in [4.69, 9.17) is 0 Å². The molecular weight excluding hydrogens is 1020 g/mol. The molecule has 0 atom stereocenters. The van der Waals surface area contributed by atoms with E-state index in [1.54, 1.807) is 0 Å². The highest BCUT2D eigenvalue weighted by Crippen LogP contribution is 2.39. The maximum atomic E-state index is 2.38. The first kappa shape index (κ1) is 52.7. The molecule has 0 unspecified atom stereocenters. The second-order valence-corrected chi connectivity index (χ2v) is 21.8. The summed E-state index contributed by atoms with van der Waals surface area (Å²) in [5.74, 6) is 0. The maximum Gasteiger partial charge on any atom is 0.0541 e. The summed E-state index contributed by atoms with van der Waals surface area (Å²) in [6.07, 6.45) is 8.70. The lowest BCUT2D eigenvalue weighted by molar-refractivity contribution is 1.13. The van der Waals surface area contributed by atoms with Gasteiger partial charge in [-0.25, -0.2) is 0 Å². The summed E-state index contributed by atoms with van der Waals surface area (Å²) in [5.41, 5.74) is 23.8. The van der Waals surface area contributed by atoms with Crippen molar-refractivity contribution in [3.05, 3.63) is 336 Å². The van der Waals surface area contributed by atoms with Gasteiger partial charge >= 0.3 is 0 Å². The van der Waals surface area contributed by atoms with E-state index < -0.39 is 0 Å². The Bertz CT molecular complexity index is 4140. The van der Waals surface area contributed by atoms with Gasteiger partial charge in [-0.1, -0.05) is 222 Å². The van der Waals surface area contributed by atoms with Gasteiger partial charge in [0.2, 0.25) is 0 Å². The Labute approximate surface area is 493 Å². The van der Waals surface area contributed by atoms with Gasteiger partial charge in [0.25, 0.3) is 0 Å². The molecule has 0 amide bonds. The average molecular weight is 1080 g/mol. The predicted octanol–water partition coefficient (Wildman–Crippen LogP) is 22.1. The molecule has 4 nitrogen and oxygen atoms in total. The summed E-state index contributed by atoms with van der Waals surface area (Å²) in [4.78, 5) is 4.61. The minimum Gasteiger partial charge on any atom is -0.311 e. The van der Waals surface area contributed by atoms with Crippen LogP contribution in [0, 0.1) is 27.7 Å². The topological polar surface area (TPSA) is 16.3 Å². The van der Waals surface area contributed by atoms with Gasteiger partial charge in [-0.2, -0.15) is 0 Å². The summed E-state index contributed by atoms with van der Waals surface area (Å²) in [6.45, 7) is 8.50. The van der Waals surface area contributed by atoms with Crippen LogP contribution in [0.15, 0.2) is 291 Å². The number of para-hydroxylation sites is 4. The van der Waals surface area contributed by atoms with Crippen LogP contribution in [0.4, 0.5) is 34.1 Å². The molecule has 0 fully saturated rings. The standard InChI is InChI=1S/C50H44N2.C30H20N2/c1-37-5-25-45(26-6-37)51(46-27-7-38(2)8-28-46)49-33-21-43(22-34-49)19-17-41-13-15-42(16-14-41)18-20-44-23-35-50(36-24-44)52(47-29-9-39(3)10-30-47)48-31-11-40(4)12-32-48;1-5-16-27-23(12-1)24-13-2-6-17-28(24)31(27)21-10-9-11-22(20-21)32-29-18-7-3-14-25(29)26-15-4-8-19-30(26)32/h5-36H,1-4H3;1-20H. The van der Waals surface area contributed by atoms with Gasteiger partial charge in [0.1, 0.15) is 0 Å². The van der Waals surface area contributed by atoms with Gasteiger partial charge in [0, 0.05) is 67.0 Å². The molecule has 4 heteroatoms. The third kappa shape index (κ3) is 11.0. The molecule has 2 heterocycles. The monoisotopic (exact) mass is 1080 g/mol. The van der Waals surface area contributed by atoms with Crippen molar-refractivity contribution in [2.45, 2.75) is 27.7 Å². The molecule has 0 aliphatic rings. The number of hydrogen-bond donors (Lipinski definition) is 0. The van der Waals surface area contributed by atoms with Crippen LogP contribution >= 0.6 is 0 Å². The number of benzene rings is 12. The van der Waals surface area contributed by atoms with Crippen LogP contribution in [0.5, 0.6) is 0 Å². The first-order valence-corrected chi connectivity index (χ1v) is 28.9. The lowest BCUT2D eigenvalue weighted by Crippen LogP contribution is -2.09. The van der Waals surface area contributed by atoms with E-state index in [0.29, 0.717) is 0 Å². The lowest BCUT2D eigenvalue weighted by Gasteiger charge is -2.25. The molecule has 84 heavy (non-hydrogen) atoms. The molecule has 0 spiro atoms. The second kappa shape index (κ2) is 23.4. The minimum absolute atomic E-state index is 1.13. The summed E-state index contributed by atoms with van der Waals surface area (Å²) >= 11 is 0. The first-order chi connectivity index (χ1) is 41.3. The molecule has 0 aliphatic carbocycles. The van der Waals surface area contributed by atoms with Crippen molar-refractivity contribution in [3.63, 3.8) is 0 Å². The van der Waals surface area contributed by atoms with Gasteiger partial charge in [0.05, 0.1) is 22.1 Å². The van der Waals surface area contributed by atoms with Crippen molar-refractivity contribution in [1.29, 1.82) is 0 Å². The molecule has 12 aromatic carbocycles.